The smallest absolute Gasteiger partial charge is 0.269 e. The minimum atomic E-state index is 0.108. The van der Waals surface area contributed by atoms with Crippen molar-refractivity contribution in [2.45, 2.75) is 0 Å². The molecule has 4 aromatic rings. The molecule has 0 saturated heterocycles. The van der Waals surface area contributed by atoms with E-state index in [0.29, 0.717) is 10.2 Å². The van der Waals surface area contributed by atoms with Gasteiger partial charge < -0.3 is 10.3 Å². The Hall–Kier alpha value is -2.45. The van der Waals surface area contributed by atoms with Crippen molar-refractivity contribution in [3.8, 4) is 22.3 Å². The van der Waals surface area contributed by atoms with E-state index >= 15 is 0 Å². The van der Waals surface area contributed by atoms with E-state index in [1.165, 1.54) is 11.3 Å². The van der Waals surface area contributed by atoms with Gasteiger partial charge in [0.05, 0.1) is 0 Å². The fourth-order valence-electron chi connectivity index (χ4n) is 1.97. The topological polar surface area (TPSA) is 104 Å². The van der Waals surface area contributed by atoms with Crippen molar-refractivity contribution in [2.75, 3.05) is 5.73 Å². The van der Waals surface area contributed by atoms with Gasteiger partial charge in [-0.3, -0.25) is 0 Å². The molecule has 0 saturated carbocycles. The fourth-order valence-corrected chi connectivity index (χ4v) is 3.30. The zero-order valence-corrected chi connectivity index (χ0v) is 11.9. The van der Waals surface area contributed by atoms with Gasteiger partial charge in [-0.15, -0.1) is 11.3 Å². The number of halogens is 1. The van der Waals surface area contributed by atoms with Gasteiger partial charge in [-0.25, -0.2) is 4.63 Å². The van der Waals surface area contributed by atoms with Crippen LogP contribution in [0.3, 0.4) is 0 Å². The van der Waals surface area contributed by atoms with E-state index in [1.54, 1.807) is 0 Å². The predicted octanol–water partition coefficient (Wildman–Crippen LogP) is 3.24. The molecule has 1 aromatic carbocycles. The molecule has 0 aliphatic carbocycles. The Bertz CT molecular complexity index is 944. The molecule has 0 radical (unpaired) electrons. The summed E-state index contributed by atoms with van der Waals surface area (Å²) in [5.41, 5.74) is 5.85. The molecule has 0 atom stereocenters. The van der Waals surface area contributed by atoms with Crippen LogP contribution in [0.4, 0.5) is 5.82 Å². The SMILES string of the molecule is Nc1nonc1-c1noc(-c2sc(Cl)c3ccccc23)n1. The van der Waals surface area contributed by atoms with Crippen LogP contribution in [0.25, 0.3) is 33.1 Å². The summed E-state index contributed by atoms with van der Waals surface area (Å²) in [7, 11) is 0. The predicted molar refractivity (Wildman–Crippen MR) is 77.8 cm³/mol. The molecule has 0 spiro atoms. The number of fused-ring (bicyclic) bond motifs is 1. The second kappa shape index (κ2) is 4.54. The molecular weight excluding hydrogens is 314 g/mol. The highest BCUT2D eigenvalue weighted by Gasteiger charge is 2.20. The summed E-state index contributed by atoms with van der Waals surface area (Å²) >= 11 is 7.60. The number of nitrogens with zero attached hydrogens (tertiary/aromatic N) is 4. The highest BCUT2D eigenvalue weighted by atomic mass is 35.5. The highest BCUT2D eigenvalue weighted by Crippen LogP contribution is 2.41. The standard InChI is InChI=1S/C12H6ClN5O2S/c13-9-6-4-2-1-3-5(6)8(21-9)12-15-11(18-19-12)7-10(14)17-20-16-7/h1-4H,(H2,14,17). The Kier molecular flexibility index (Phi) is 2.66. The third-order valence-corrected chi connectivity index (χ3v) is 4.35. The number of hydrogen-bond donors (Lipinski definition) is 1. The van der Waals surface area contributed by atoms with E-state index in [2.05, 4.69) is 25.1 Å². The average Bonchev–Trinajstić information content (AvgIpc) is 3.18. The molecule has 104 valence electrons. The molecule has 0 bridgehead atoms. The van der Waals surface area contributed by atoms with Crippen LogP contribution < -0.4 is 5.73 Å². The Labute approximate surface area is 126 Å². The van der Waals surface area contributed by atoms with Gasteiger partial charge in [-0.1, -0.05) is 41.0 Å². The van der Waals surface area contributed by atoms with Crippen molar-refractivity contribution in [1.82, 2.24) is 20.5 Å². The molecule has 0 fully saturated rings. The van der Waals surface area contributed by atoms with E-state index in [9.17, 15) is 0 Å². The van der Waals surface area contributed by atoms with Gasteiger partial charge in [0.1, 0.15) is 9.21 Å². The maximum absolute atomic E-state index is 6.23. The van der Waals surface area contributed by atoms with Gasteiger partial charge in [-0.2, -0.15) is 4.98 Å². The van der Waals surface area contributed by atoms with Crippen molar-refractivity contribution in [2.24, 2.45) is 0 Å². The van der Waals surface area contributed by atoms with Crippen LogP contribution in [-0.4, -0.2) is 20.5 Å². The van der Waals surface area contributed by atoms with E-state index in [0.717, 1.165) is 15.6 Å². The van der Waals surface area contributed by atoms with E-state index in [-0.39, 0.29) is 17.3 Å². The van der Waals surface area contributed by atoms with Crippen molar-refractivity contribution in [3.63, 3.8) is 0 Å². The molecule has 0 unspecified atom stereocenters. The number of thiophene rings is 1. The minimum Gasteiger partial charge on any atom is -0.379 e. The summed E-state index contributed by atoms with van der Waals surface area (Å²) in [4.78, 5) is 5.07. The number of nitrogen functional groups attached to an aromatic ring is 1. The zero-order chi connectivity index (χ0) is 14.4. The number of anilines is 1. The lowest BCUT2D eigenvalue weighted by molar-refractivity contribution is 0.310. The van der Waals surface area contributed by atoms with Crippen LogP contribution in [0, 0.1) is 0 Å². The van der Waals surface area contributed by atoms with Crippen LogP contribution in [0.2, 0.25) is 4.34 Å². The van der Waals surface area contributed by atoms with E-state index in [1.807, 2.05) is 24.3 Å². The fraction of sp³-hybridized carbons (Fsp3) is 0. The van der Waals surface area contributed by atoms with Crippen LogP contribution in [-0.2, 0) is 0 Å². The van der Waals surface area contributed by atoms with E-state index < -0.39 is 0 Å². The number of hydrogen-bond acceptors (Lipinski definition) is 8. The number of benzene rings is 1. The first-order valence-electron chi connectivity index (χ1n) is 5.83. The molecule has 0 aliphatic heterocycles. The number of aromatic nitrogens is 4. The molecular formula is C12H6ClN5O2S. The quantitative estimate of drug-likeness (QED) is 0.604. The molecule has 3 aromatic heterocycles. The maximum Gasteiger partial charge on any atom is 0.269 e. The van der Waals surface area contributed by atoms with Crippen LogP contribution in [0.1, 0.15) is 0 Å². The van der Waals surface area contributed by atoms with Gasteiger partial charge in [0.25, 0.3) is 5.89 Å². The van der Waals surface area contributed by atoms with E-state index in [4.69, 9.17) is 21.9 Å². The van der Waals surface area contributed by atoms with Gasteiger partial charge in [0.15, 0.2) is 11.5 Å². The Morgan fingerprint density at radius 2 is 1.90 bits per heavy atom. The normalized spacial score (nSPS) is 11.3. The van der Waals surface area contributed by atoms with Crippen LogP contribution in [0.15, 0.2) is 33.4 Å². The molecule has 21 heavy (non-hydrogen) atoms. The molecule has 0 amide bonds. The summed E-state index contributed by atoms with van der Waals surface area (Å²) in [6, 6.07) is 7.73. The third kappa shape index (κ3) is 1.88. The lowest BCUT2D eigenvalue weighted by atomic mass is 10.2. The van der Waals surface area contributed by atoms with Crippen LogP contribution >= 0.6 is 22.9 Å². The summed E-state index contributed by atoms with van der Waals surface area (Å²) in [5, 5.41) is 12.9. The van der Waals surface area contributed by atoms with Crippen molar-refractivity contribution in [1.29, 1.82) is 0 Å². The zero-order valence-electron chi connectivity index (χ0n) is 10.3. The number of nitrogens with two attached hydrogens (primary N) is 1. The lowest BCUT2D eigenvalue weighted by Gasteiger charge is -1.90. The average molecular weight is 320 g/mol. The van der Waals surface area contributed by atoms with Gasteiger partial charge in [0.2, 0.25) is 5.82 Å². The first-order valence-corrected chi connectivity index (χ1v) is 7.03. The van der Waals surface area contributed by atoms with Gasteiger partial charge in [-0.05, 0) is 10.3 Å². The van der Waals surface area contributed by atoms with Crippen LogP contribution in [0.5, 0.6) is 0 Å². The maximum atomic E-state index is 6.23. The molecule has 2 N–H and O–H groups in total. The first kappa shape index (κ1) is 12.3. The Morgan fingerprint density at radius 3 is 2.67 bits per heavy atom. The molecule has 0 aliphatic rings. The van der Waals surface area contributed by atoms with Crippen molar-refractivity contribution in [3.05, 3.63) is 28.6 Å². The summed E-state index contributed by atoms with van der Waals surface area (Å²) < 4.78 is 10.5. The monoisotopic (exact) mass is 319 g/mol. The highest BCUT2D eigenvalue weighted by molar-refractivity contribution is 7.21. The second-order valence-electron chi connectivity index (χ2n) is 4.17. The second-order valence-corrected chi connectivity index (χ2v) is 5.79. The summed E-state index contributed by atoms with van der Waals surface area (Å²) in [5.74, 6) is 0.675. The number of rotatable bonds is 2. The Balaban J connectivity index is 1.87. The molecule has 3 heterocycles. The van der Waals surface area contributed by atoms with Crippen molar-refractivity contribution < 1.29 is 9.15 Å². The minimum absolute atomic E-state index is 0.108. The van der Waals surface area contributed by atoms with Gasteiger partial charge >= 0.3 is 0 Å². The lowest BCUT2D eigenvalue weighted by Crippen LogP contribution is -1.89. The van der Waals surface area contributed by atoms with Gasteiger partial charge in [0, 0.05) is 10.8 Å². The largest absolute Gasteiger partial charge is 0.379 e. The Morgan fingerprint density at radius 1 is 1.10 bits per heavy atom. The summed E-state index contributed by atoms with van der Waals surface area (Å²) in [6.45, 7) is 0. The molecule has 4 rings (SSSR count). The van der Waals surface area contributed by atoms with Crippen molar-refractivity contribution >= 4 is 39.5 Å². The third-order valence-electron chi connectivity index (χ3n) is 2.92. The molecule has 7 nitrogen and oxygen atoms in total. The molecule has 9 heteroatoms. The summed E-state index contributed by atoms with van der Waals surface area (Å²) in [6.07, 6.45) is 0. The first-order chi connectivity index (χ1) is 10.2.